The molecule has 0 fully saturated rings. The first-order chi connectivity index (χ1) is 10.7. The van der Waals surface area contributed by atoms with Crippen molar-refractivity contribution in [3.05, 3.63) is 17.1 Å². The van der Waals surface area contributed by atoms with Crippen molar-refractivity contribution in [2.75, 3.05) is 5.73 Å². The Morgan fingerprint density at radius 2 is 1.77 bits per heavy atom. The van der Waals surface area contributed by atoms with E-state index in [-0.39, 0.29) is 0 Å². The third-order valence-electron chi connectivity index (χ3n) is 3.83. The van der Waals surface area contributed by atoms with E-state index < -0.39 is 0 Å². The van der Waals surface area contributed by atoms with Gasteiger partial charge in [-0.05, 0) is 44.6 Å². The normalized spacial score (nSPS) is 12.8. The molecule has 2 aromatic heterocycles. The summed E-state index contributed by atoms with van der Waals surface area (Å²) < 4.78 is 2.32. The average Bonchev–Trinajstić information content (AvgIpc) is 2.90. The molecular formula is C16H29N5O. The predicted molar refractivity (Wildman–Crippen MR) is 90.9 cm³/mol. The van der Waals surface area contributed by atoms with E-state index in [0.29, 0.717) is 5.82 Å². The van der Waals surface area contributed by atoms with Crippen LogP contribution < -0.4 is 11.6 Å². The van der Waals surface area contributed by atoms with Crippen LogP contribution in [0.5, 0.6) is 0 Å². The zero-order chi connectivity index (χ0) is 16.7. The number of fused-ring (bicyclic) bond motifs is 3. The molecule has 1 aliphatic rings. The van der Waals surface area contributed by atoms with Gasteiger partial charge in [-0.15, -0.1) is 0 Å². The Kier molecular flexibility index (Phi) is 7.27. The summed E-state index contributed by atoms with van der Waals surface area (Å²) in [7, 11) is 0. The lowest BCUT2D eigenvalue weighted by atomic mass is 9.95. The standard InChI is InChI=1S/C14H20N4.C2H6.H3NO/c1-3-8-18-9(2)16-12-13(18)10-6-4-5-7-11(10)17-14(12)15;2*1-2/h3-8H2,1-2H3,(H2,15,17);1-2H3;2H,1H2. The van der Waals surface area contributed by atoms with Crippen LogP contribution in [0.3, 0.4) is 0 Å². The Hall–Kier alpha value is -1.66. The van der Waals surface area contributed by atoms with Gasteiger partial charge < -0.3 is 15.5 Å². The number of nitrogens with two attached hydrogens (primary N) is 2. The summed E-state index contributed by atoms with van der Waals surface area (Å²) in [6, 6.07) is 0. The number of rotatable bonds is 2. The molecule has 0 atom stereocenters. The van der Waals surface area contributed by atoms with Crippen LogP contribution in [0, 0.1) is 6.92 Å². The third kappa shape index (κ3) is 3.39. The van der Waals surface area contributed by atoms with E-state index >= 15 is 0 Å². The molecule has 0 saturated heterocycles. The van der Waals surface area contributed by atoms with Crippen LogP contribution in [0.15, 0.2) is 0 Å². The topological polar surface area (TPSA) is 103 Å². The second-order valence-corrected chi connectivity index (χ2v) is 5.14. The van der Waals surface area contributed by atoms with Crippen molar-refractivity contribution in [3.8, 4) is 0 Å². The molecule has 2 aromatic rings. The van der Waals surface area contributed by atoms with Crippen LogP contribution in [0.4, 0.5) is 5.82 Å². The average molecular weight is 307 g/mol. The van der Waals surface area contributed by atoms with Crippen molar-refractivity contribution < 1.29 is 5.21 Å². The number of nitrogens with zero attached hydrogens (tertiary/aromatic N) is 3. The SMILES string of the molecule is CC.CCCn1c(C)nc2c(N)nc3c(c21)CCCC3.NO. The van der Waals surface area contributed by atoms with Crippen LogP contribution in [0.1, 0.15) is 57.1 Å². The fourth-order valence-corrected chi connectivity index (χ4v) is 3.01. The Labute approximate surface area is 132 Å². The zero-order valence-corrected chi connectivity index (χ0v) is 14.2. The van der Waals surface area contributed by atoms with Crippen LogP contribution in [-0.2, 0) is 19.4 Å². The zero-order valence-electron chi connectivity index (χ0n) is 14.2. The van der Waals surface area contributed by atoms with E-state index in [1.807, 2.05) is 13.8 Å². The molecule has 0 aliphatic heterocycles. The van der Waals surface area contributed by atoms with Gasteiger partial charge in [-0.2, -0.15) is 0 Å². The molecule has 0 saturated carbocycles. The van der Waals surface area contributed by atoms with Gasteiger partial charge in [-0.1, -0.05) is 20.8 Å². The molecule has 124 valence electrons. The molecule has 0 aromatic carbocycles. The summed E-state index contributed by atoms with van der Waals surface area (Å²) in [6.07, 6.45) is 5.78. The number of imidazole rings is 1. The number of hydrogen-bond acceptors (Lipinski definition) is 5. The molecule has 6 nitrogen and oxygen atoms in total. The highest BCUT2D eigenvalue weighted by Gasteiger charge is 2.20. The lowest BCUT2D eigenvalue weighted by molar-refractivity contribution is 0.311. The number of aromatic nitrogens is 3. The molecular weight excluding hydrogens is 278 g/mol. The van der Waals surface area contributed by atoms with Gasteiger partial charge in [0.2, 0.25) is 0 Å². The molecule has 22 heavy (non-hydrogen) atoms. The fraction of sp³-hybridized carbons (Fsp3) is 0.625. The van der Waals surface area contributed by atoms with Gasteiger partial charge >= 0.3 is 0 Å². The first kappa shape index (κ1) is 18.4. The Bertz CT molecular complexity index is 606. The molecule has 0 unspecified atom stereocenters. The highest BCUT2D eigenvalue weighted by molar-refractivity contribution is 5.89. The van der Waals surface area contributed by atoms with Crippen LogP contribution in [0.2, 0.25) is 0 Å². The van der Waals surface area contributed by atoms with Crippen LogP contribution in [0.25, 0.3) is 11.0 Å². The van der Waals surface area contributed by atoms with E-state index in [1.165, 1.54) is 29.6 Å². The van der Waals surface area contributed by atoms with E-state index in [0.717, 1.165) is 37.1 Å². The Morgan fingerprint density at radius 1 is 1.14 bits per heavy atom. The maximum Gasteiger partial charge on any atom is 0.151 e. The second kappa shape index (κ2) is 8.70. The molecule has 5 N–H and O–H groups in total. The first-order valence-electron chi connectivity index (χ1n) is 8.12. The Morgan fingerprint density at radius 3 is 2.41 bits per heavy atom. The summed E-state index contributed by atoms with van der Waals surface area (Å²) in [5, 5.41) is 6.50. The molecule has 1 aliphatic carbocycles. The number of aryl methyl sites for hydroxylation is 4. The lowest BCUT2D eigenvalue weighted by Gasteiger charge is -2.18. The summed E-state index contributed by atoms with van der Waals surface area (Å²) >= 11 is 0. The maximum absolute atomic E-state index is 6.50. The molecule has 0 spiro atoms. The first-order valence-corrected chi connectivity index (χ1v) is 8.12. The number of pyridine rings is 1. The lowest BCUT2D eigenvalue weighted by Crippen LogP contribution is -2.11. The summed E-state index contributed by atoms with van der Waals surface area (Å²) in [5.41, 5.74) is 10.8. The van der Waals surface area contributed by atoms with Gasteiger partial charge in [0.05, 0.1) is 5.52 Å². The number of nitrogen functional groups attached to an aromatic ring is 1. The van der Waals surface area contributed by atoms with Gasteiger partial charge in [-0.3, -0.25) is 0 Å². The number of hydrogen-bond donors (Lipinski definition) is 3. The minimum absolute atomic E-state index is 0.601. The number of anilines is 1. The molecule has 0 radical (unpaired) electrons. The summed E-state index contributed by atoms with van der Waals surface area (Å²) in [5.74, 6) is 5.16. The highest BCUT2D eigenvalue weighted by atomic mass is 16.4. The fourth-order valence-electron chi connectivity index (χ4n) is 3.01. The van der Waals surface area contributed by atoms with E-state index in [4.69, 9.17) is 10.9 Å². The maximum atomic E-state index is 6.50. The van der Waals surface area contributed by atoms with Crippen molar-refractivity contribution in [1.29, 1.82) is 0 Å². The van der Waals surface area contributed by atoms with Gasteiger partial charge in [0.25, 0.3) is 0 Å². The Balaban J connectivity index is 0.000000561. The quantitative estimate of drug-likeness (QED) is 0.740. The van der Waals surface area contributed by atoms with E-state index in [1.54, 1.807) is 0 Å². The third-order valence-corrected chi connectivity index (χ3v) is 3.83. The molecule has 2 heterocycles. The summed E-state index contributed by atoms with van der Waals surface area (Å²) in [6.45, 7) is 9.27. The van der Waals surface area contributed by atoms with Crippen molar-refractivity contribution in [3.63, 3.8) is 0 Å². The second-order valence-electron chi connectivity index (χ2n) is 5.14. The summed E-state index contributed by atoms with van der Waals surface area (Å²) in [4.78, 5) is 9.17. The van der Waals surface area contributed by atoms with Crippen molar-refractivity contribution in [1.82, 2.24) is 14.5 Å². The largest absolute Gasteiger partial charge is 0.382 e. The monoisotopic (exact) mass is 307 g/mol. The van der Waals surface area contributed by atoms with Gasteiger partial charge in [0, 0.05) is 12.2 Å². The van der Waals surface area contributed by atoms with Gasteiger partial charge in [0.15, 0.2) is 5.82 Å². The molecule has 0 bridgehead atoms. The van der Waals surface area contributed by atoms with Gasteiger partial charge in [0.1, 0.15) is 11.3 Å². The van der Waals surface area contributed by atoms with Gasteiger partial charge in [-0.25, -0.2) is 15.9 Å². The van der Waals surface area contributed by atoms with Crippen molar-refractivity contribution >= 4 is 16.9 Å². The molecule has 0 amide bonds. The van der Waals surface area contributed by atoms with Crippen molar-refractivity contribution in [2.45, 2.75) is 66.3 Å². The minimum Gasteiger partial charge on any atom is -0.382 e. The van der Waals surface area contributed by atoms with E-state index in [2.05, 4.69) is 34.3 Å². The van der Waals surface area contributed by atoms with Crippen molar-refractivity contribution in [2.24, 2.45) is 5.90 Å². The van der Waals surface area contributed by atoms with Crippen LogP contribution in [-0.4, -0.2) is 19.7 Å². The molecule has 3 rings (SSSR count). The van der Waals surface area contributed by atoms with Crippen LogP contribution >= 0.6 is 0 Å². The minimum atomic E-state index is 0.601. The van der Waals surface area contributed by atoms with E-state index in [9.17, 15) is 0 Å². The smallest absolute Gasteiger partial charge is 0.151 e. The molecule has 6 heteroatoms. The predicted octanol–water partition coefficient (Wildman–Crippen LogP) is 2.97. The highest BCUT2D eigenvalue weighted by Crippen LogP contribution is 2.31.